The monoisotopic (exact) mass is 404 g/mol. The predicted molar refractivity (Wildman–Crippen MR) is 119 cm³/mol. The maximum absolute atomic E-state index is 12.3. The van der Waals surface area contributed by atoms with Gasteiger partial charge in [-0.3, -0.25) is 0 Å². The minimum atomic E-state index is -0.799. The minimum Gasteiger partial charge on any atom is -0.493 e. The molecule has 0 amide bonds. The number of aryl methyl sites for hydroxylation is 1. The predicted octanol–water partition coefficient (Wildman–Crippen LogP) is 6.55. The van der Waals surface area contributed by atoms with Gasteiger partial charge in [0.05, 0.1) is 7.11 Å². The van der Waals surface area contributed by atoms with Gasteiger partial charge < -0.3 is 14.2 Å². The first-order valence-electron chi connectivity index (χ1n) is 10.2. The molecule has 156 valence electrons. The van der Waals surface area contributed by atoms with Gasteiger partial charge in [-0.25, -0.2) is 4.79 Å². The summed E-state index contributed by atoms with van der Waals surface area (Å²) in [5, 5.41) is 0. The summed E-state index contributed by atoms with van der Waals surface area (Å²) in [4.78, 5) is 12.3. The Morgan fingerprint density at radius 3 is 2.13 bits per heavy atom. The van der Waals surface area contributed by atoms with E-state index in [-0.39, 0.29) is 5.41 Å². The van der Waals surface area contributed by atoms with Gasteiger partial charge in [0.1, 0.15) is 5.75 Å². The molecule has 0 heterocycles. The Labute approximate surface area is 178 Å². The molecular formula is C26H28O4. The lowest BCUT2D eigenvalue weighted by atomic mass is 9.78. The van der Waals surface area contributed by atoms with Crippen molar-refractivity contribution in [2.45, 2.75) is 39.0 Å². The van der Waals surface area contributed by atoms with E-state index in [9.17, 15) is 4.79 Å². The molecular weight excluding hydrogens is 376 g/mol. The van der Waals surface area contributed by atoms with E-state index in [2.05, 4.69) is 32.9 Å². The third-order valence-electron chi connectivity index (χ3n) is 5.23. The number of hydrogen-bond acceptors (Lipinski definition) is 4. The molecule has 0 aliphatic rings. The second kappa shape index (κ2) is 9.49. The van der Waals surface area contributed by atoms with Crippen molar-refractivity contribution in [2.24, 2.45) is 0 Å². The van der Waals surface area contributed by atoms with Crippen molar-refractivity contribution in [2.75, 3.05) is 7.11 Å². The van der Waals surface area contributed by atoms with Gasteiger partial charge in [-0.1, -0.05) is 75.7 Å². The largest absolute Gasteiger partial charge is 0.519 e. The quantitative estimate of drug-likeness (QED) is 0.331. The van der Waals surface area contributed by atoms with E-state index in [1.165, 1.54) is 5.56 Å². The number of carbonyl (C=O) groups excluding carboxylic acids is 1. The fraction of sp³-hybridized carbons (Fsp3) is 0.269. The maximum atomic E-state index is 12.3. The van der Waals surface area contributed by atoms with Crippen LogP contribution in [0, 0.1) is 0 Å². The van der Waals surface area contributed by atoms with Crippen LogP contribution in [0.3, 0.4) is 0 Å². The summed E-state index contributed by atoms with van der Waals surface area (Å²) in [7, 11) is 1.55. The van der Waals surface area contributed by atoms with E-state index in [0.29, 0.717) is 17.2 Å². The molecule has 4 heteroatoms. The minimum absolute atomic E-state index is 0.159. The maximum Gasteiger partial charge on any atom is 0.519 e. The van der Waals surface area contributed by atoms with Crippen LogP contribution >= 0.6 is 0 Å². The molecule has 4 nitrogen and oxygen atoms in total. The number of benzene rings is 3. The Balaban J connectivity index is 1.68. The van der Waals surface area contributed by atoms with Gasteiger partial charge in [0.15, 0.2) is 11.5 Å². The first-order valence-corrected chi connectivity index (χ1v) is 10.2. The van der Waals surface area contributed by atoms with Crippen LogP contribution in [0.25, 0.3) is 0 Å². The van der Waals surface area contributed by atoms with Crippen LogP contribution in [-0.2, 0) is 11.8 Å². The van der Waals surface area contributed by atoms with Crippen LogP contribution in [-0.4, -0.2) is 13.3 Å². The summed E-state index contributed by atoms with van der Waals surface area (Å²) in [6.07, 6.45) is 1.17. The second-order valence-corrected chi connectivity index (χ2v) is 7.70. The molecule has 0 aromatic heterocycles. The van der Waals surface area contributed by atoms with Gasteiger partial charge >= 0.3 is 6.16 Å². The van der Waals surface area contributed by atoms with E-state index in [1.807, 2.05) is 42.5 Å². The van der Waals surface area contributed by atoms with E-state index in [0.717, 1.165) is 24.0 Å². The highest BCUT2D eigenvalue weighted by Gasteiger charge is 2.23. The zero-order valence-corrected chi connectivity index (χ0v) is 18.0. The Kier molecular flexibility index (Phi) is 6.78. The molecule has 0 aliphatic carbocycles. The number of hydrogen-bond donors (Lipinski definition) is 0. The van der Waals surface area contributed by atoms with Crippen molar-refractivity contribution < 1.29 is 19.0 Å². The zero-order valence-electron chi connectivity index (χ0n) is 18.0. The molecule has 0 fully saturated rings. The third kappa shape index (κ3) is 5.01. The second-order valence-electron chi connectivity index (χ2n) is 7.70. The highest BCUT2D eigenvalue weighted by molar-refractivity contribution is 5.68. The van der Waals surface area contributed by atoms with Crippen molar-refractivity contribution in [1.82, 2.24) is 0 Å². The molecule has 0 radical (unpaired) electrons. The highest BCUT2D eigenvalue weighted by Crippen LogP contribution is 2.33. The number of carbonyl (C=O) groups is 1. The van der Waals surface area contributed by atoms with Crippen molar-refractivity contribution in [3.8, 4) is 17.2 Å². The van der Waals surface area contributed by atoms with Gasteiger partial charge in [0, 0.05) is 5.41 Å². The van der Waals surface area contributed by atoms with Gasteiger partial charge in [0.25, 0.3) is 0 Å². The SMILES string of the molecule is CCCc1ccc(OC(=O)Oc2ccc(C(C)(C)c3ccccc3)cc2)c(OC)c1. The Hall–Kier alpha value is -3.27. The molecule has 0 N–H and O–H groups in total. The fourth-order valence-corrected chi connectivity index (χ4v) is 3.41. The Morgan fingerprint density at radius 1 is 0.833 bits per heavy atom. The number of ether oxygens (including phenoxy) is 3. The first kappa shape index (κ1) is 21.4. The van der Waals surface area contributed by atoms with E-state index < -0.39 is 6.16 Å². The van der Waals surface area contributed by atoms with Crippen LogP contribution < -0.4 is 14.2 Å². The molecule has 0 bridgehead atoms. The van der Waals surface area contributed by atoms with E-state index in [1.54, 1.807) is 25.3 Å². The number of methoxy groups -OCH3 is 1. The van der Waals surface area contributed by atoms with Crippen LogP contribution in [0.4, 0.5) is 4.79 Å². The highest BCUT2D eigenvalue weighted by atomic mass is 16.7. The summed E-state index contributed by atoms with van der Waals surface area (Å²) >= 11 is 0. The van der Waals surface area contributed by atoms with Gasteiger partial charge in [-0.15, -0.1) is 0 Å². The zero-order chi connectivity index (χ0) is 21.6. The molecule has 0 atom stereocenters. The van der Waals surface area contributed by atoms with Crippen LogP contribution in [0.2, 0.25) is 0 Å². The molecule has 0 aliphatic heterocycles. The summed E-state index contributed by atoms with van der Waals surface area (Å²) in [6, 6.07) is 23.3. The third-order valence-corrected chi connectivity index (χ3v) is 5.23. The molecule has 0 saturated carbocycles. The summed E-state index contributed by atoms with van der Waals surface area (Å²) in [5.74, 6) is 1.27. The lowest BCUT2D eigenvalue weighted by molar-refractivity contribution is 0.150. The van der Waals surface area contributed by atoms with Crippen LogP contribution in [0.1, 0.15) is 43.9 Å². The summed E-state index contributed by atoms with van der Waals surface area (Å²) in [6.45, 7) is 6.45. The lowest BCUT2D eigenvalue weighted by Crippen LogP contribution is -2.19. The smallest absolute Gasteiger partial charge is 0.493 e. The normalized spacial score (nSPS) is 11.1. The number of rotatable bonds is 7. The van der Waals surface area contributed by atoms with E-state index >= 15 is 0 Å². The van der Waals surface area contributed by atoms with Gasteiger partial charge in [0.2, 0.25) is 0 Å². The summed E-state index contributed by atoms with van der Waals surface area (Å²) in [5.41, 5.74) is 3.32. The lowest BCUT2D eigenvalue weighted by Gasteiger charge is -2.26. The molecule has 0 unspecified atom stereocenters. The van der Waals surface area contributed by atoms with Crippen molar-refractivity contribution >= 4 is 6.16 Å². The molecule has 3 aromatic carbocycles. The van der Waals surface area contributed by atoms with Gasteiger partial charge in [-0.05, 0) is 47.4 Å². The average Bonchev–Trinajstić information content (AvgIpc) is 2.76. The average molecular weight is 405 g/mol. The topological polar surface area (TPSA) is 44.8 Å². The Morgan fingerprint density at radius 2 is 1.50 bits per heavy atom. The Bertz CT molecular complexity index is 976. The molecule has 3 rings (SSSR count). The molecule has 0 saturated heterocycles. The van der Waals surface area contributed by atoms with Crippen LogP contribution in [0.15, 0.2) is 72.8 Å². The first-order chi connectivity index (χ1) is 14.4. The molecule has 0 spiro atoms. The fourth-order valence-electron chi connectivity index (χ4n) is 3.41. The van der Waals surface area contributed by atoms with Crippen molar-refractivity contribution in [1.29, 1.82) is 0 Å². The van der Waals surface area contributed by atoms with Crippen molar-refractivity contribution in [3.63, 3.8) is 0 Å². The van der Waals surface area contributed by atoms with Crippen LogP contribution in [0.5, 0.6) is 17.2 Å². The molecule has 3 aromatic rings. The molecule has 30 heavy (non-hydrogen) atoms. The van der Waals surface area contributed by atoms with Gasteiger partial charge in [-0.2, -0.15) is 0 Å². The summed E-state index contributed by atoms with van der Waals surface area (Å²) < 4.78 is 16.1. The van der Waals surface area contributed by atoms with Crippen molar-refractivity contribution in [3.05, 3.63) is 89.5 Å². The standard InChI is InChI=1S/C26H28O4/c1-5-9-19-12-17-23(24(18-19)28-4)30-25(27)29-22-15-13-21(14-16-22)26(2,3)20-10-7-6-8-11-20/h6-8,10-18H,5,9H2,1-4H3. The van der Waals surface area contributed by atoms with E-state index in [4.69, 9.17) is 14.2 Å².